The standard InChI is InChI=1S/C14H11NO4.Zn/c16-12-8-10(6-7-11(12)14(18)19)15-13(17)9-4-2-1-3-5-9;/h1-8,16H,(H,15,17)(H,18,19);. The summed E-state index contributed by atoms with van der Waals surface area (Å²) in [5, 5.41) is 20.9. The molecule has 3 N–H and O–H groups in total. The summed E-state index contributed by atoms with van der Waals surface area (Å²) in [6.45, 7) is 0. The Balaban J connectivity index is 0.00000200. The smallest absolute Gasteiger partial charge is 0.339 e. The molecule has 6 heteroatoms. The van der Waals surface area contributed by atoms with Crippen LogP contribution < -0.4 is 5.32 Å². The van der Waals surface area contributed by atoms with Gasteiger partial charge in [0.25, 0.3) is 5.91 Å². The van der Waals surface area contributed by atoms with Crippen LogP contribution in [0.15, 0.2) is 48.5 Å². The molecule has 0 unspecified atom stereocenters. The number of hydrogen-bond donors (Lipinski definition) is 3. The van der Waals surface area contributed by atoms with Crippen molar-refractivity contribution in [3.05, 3.63) is 59.7 Å². The Hall–Kier alpha value is -2.20. The van der Waals surface area contributed by atoms with Gasteiger partial charge in [0.15, 0.2) is 0 Å². The number of carboxylic acid groups (broad SMARTS) is 1. The van der Waals surface area contributed by atoms with E-state index in [1.165, 1.54) is 18.2 Å². The van der Waals surface area contributed by atoms with E-state index in [9.17, 15) is 14.7 Å². The number of amides is 1. The van der Waals surface area contributed by atoms with E-state index in [-0.39, 0.29) is 30.9 Å². The van der Waals surface area contributed by atoms with Crippen LogP contribution in [0.5, 0.6) is 5.75 Å². The fourth-order valence-electron chi connectivity index (χ4n) is 1.58. The third kappa shape index (κ3) is 3.65. The summed E-state index contributed by atoms with van der Waals surface area (Å²) in [7, 11) is 0. The normalized spacial score (nSPS) is 9.40. The Morgan fingerprint density at radius 3 is 2.20 bits per heavy atom. The number of nitrogens with one attached hydrogen (secondary N) is 1. The summed E-state index contributed by atoms with van der Waals surface area (Å²) in [4.78, 5) is 22.6. The Kier molecular flexibility index (Phi) is 5.41. The zero-order valence-corrected chi connectivity index (χ0v) is 13.5. The molecular formula is C14H11NO4Zn. The number of aromatic carboxylic acids is 1. The Bertz CT molecular complexity index is 628. The van der Waals surface area contributed by atoms with Crippen molar-refractivity contribution in [3.8, 4) is 5.75 Å². The van der Waals surface area contributed by atoms with Crippen molar-refractivity contribution in [1.29, 1.82) is 0 Å². The van der Waals surface area contributed by atoms with E-state index in [2.05, 4.69) is 5.32 Å². The van der Waals surface area contributed by atoms with Crippen molar-refractivity contribution in [3.63, 3.8) is 0 Å². The van der Waals surface area contributed by atoms with Crippen molar-refractivity contribution in [2.75, 3.05) is 5.32 Å². The van der Waals surface area contributed by atoms with Gasteiger partial charge < -0.3 is 15.5 Å². The van der Waals surface area contributed by atoms with Gasteiger partial charge in [-0.3, -0.25) is 4.79 Å². The van der Waals surface area contributed by atoms with Gasteiger partial charge in [0.2, 0.25) is 0 Å². The number of carboxylic acids is 1. The maximum atomic E-state index is 11.8. The second kappa shape index (κ2) is 6.82. The Labute approximate surface area is 128 Å². The summed E-state index contributed by atoms with van der Waals surface area (Å²) in [5.74, 6) is -1.94. The van der Waals surface area contributed by atoms with Crippen molar-refractivity contribution in [1.82, 2.24) is 0 Å². The Morgan fingerprint density at radius 1 is 1.00 bits per heavy atom. The van der Waals surface area contributed by atoms with E-state index in [0.29, 0.717) is 11.3 Å². The molecule has 5 nitrogen and oxygen atoms in total. The molecule has 0 aliphatic heterocycles. The number of carbonyl (C=O) groups is 2. The molecule has 0 fully saturated rings. The molecule has 2 rings (SSSR count). The molecule has 0 aliphatic carbocycles. The second-order valence-electron chi connectivity index (χ2n) is 3.86. The van der Waals surface area contributed by atoms with Crippen molar-refractivity contribution in [2.45, 2.75) is 0 Å². The molecule has 0 heterocycles. The van der Waals surface area contributed by atoms with Gasteiger partial charge in [-0.15, -0.1) is 0 Å². The number of anilines is 1. The number of aromatic hydroxyl groups is 1. The molecule has 0 radical (unpaired) electrons. The number of phenols is 1. The first-order valence-corrected chi connectivity index (χ1v) is 5.50. The summed E-state index contributed by atoms with van der Waals surface area (Å²) in [6, 6.07) is 12.4. The molecule has 2 aromatic rings. The summed E-state index contributed by atoms with van der Waals surface area (Å²) < 4.78 is 0. The topological polar surface area (TPSA) is 86.6 Å². The quantitative estimate of drug-likeness (QED) is 0.757. The molecule has 20 heavy (non-hydrogen) atoms. The van der Waals surface area contributed by atoms with Crippen molar-refractivity contribution >= 4 is 17.6 Å². The predicted molar refractivity (Wildman–Crippen MR) is 69.5 cm³/mol. The average molecular weight is 323 g/mol. The molecule has 98 valence electrons. The molecule has 0 spiro atoms. The summed E-state index contributed by atoms with van der Waals surface area (Å²) in [5.41, 5.74) is 0.596. The van der Waals surface area contributed by atoms with Crippen molar-refractivity contribution < 1.29 is 39.3 Å². The molecular weight excluding hydrogens is 312 g/mol. The fourth-order valence-corrected chi connectivity index (χ4v) is 1.58. The predicted octanol–water partition coefficient (Wildman–Crippen LogP) is 2.34. The average Bonchev–Trinajstić information content (AvgIpc) is 2.39. The molecule has 0 bridgehead atoms. The van der Waals surface area contributed by atoms with Crippen LogP contribution in [0.4, 0.5) is 5.69 Å². The van der Waals surface area contributed by atoms with Crippen LogP contribution in [0.1, 0.15) is 20.7 Å². The molecule has 1 amide bonds. The van der Waals surface area contributed by atoms with Gasteiger partial charge in [-0.2, -0.15) is 0 Å². The van der Waals surface area contributed by atoms with Crippen LogP contribution in [0.25, 0.3) is 0 Å². The fraction of sp³-hybridized carbons (Fsp3) is 0. The Morgan fingerprint density at radius 2 is 1.65 bits per heavy atom. The minimum atomic E-state index is -1.22. The minimum absolute atomic E-state index is 0. The largest absolute Gasteiger partial charge is 0.507 e. The molecule has 0 saturated carbocycles. The number of rotatable bonds is 3. The first kappa shape index (κ1) is 15.9. The van der Waals surface area contributed by atoms with Gasteiger partial charge in [0.1, 0.15) is 11.3 Å². The van der Waals surface area contributed by atoms with E-state index in [0.717, 1.165) is 0 Å². The summed E-state index contributed by atoms with van der Waals surface area (Å²) >= 11 is 0. The van der Waals surface area contributed by atoms with E-state index < -0.39 is 11.7 Å². The van der Waals surface area contributed by atoms with Gasteiger partial charge in [-0.1, -0.05) is 18.2 Å². The van der Waals surface area contributed by atoms with E-state index in [4.69, 9.17) is 5.11 Å². The van der Waals surface area contributed by atoms with Gasteiger partial charge in [0, 0.05) is 36.8 Å². The molecule has 0 atom stereocenters. The maximum Gasteiger partial charge on any atom is 0.339 e. The van der Waals surface area contributed by atoms with Crippen LogP contribution in [0.2, 0.25) is 0 Å². The zero-order valence-electron chi connectivity index (χ0n) is 10.5. The van der Waals surface area contributed by atoms with E-state index in [1.54, 1.807) is 30.3 Å². The van der Waals surface area contributed by atoms with Gasteiger partial charge >= 0.3 is 5.97 Å². The number of benzene rings is 2. The molecule has 2 aromatic carbocycles. The zero-order chi connectivity index (χ0) is 13.8. The van der Waals surface area contributed by atoms with E-state index in [1.807, 2.05) is 0 Å². The third-order valence-electron chi connectivity index (χ3n) is 2.52. The van der Waals surface area contributed by atoms with Crippen LogP contribution >= 0.6 is 0 Å². The number of carbonyl (C=O) groups excluding carboxylic acids is 1. The SMILES string of the molecule is O=C(Nc1ccc(C(=O)O)c(O)c1)c1ccccc1.[Zn]. The minimum Gasteiger partial charge on any atom is -0.507 e. The van der Waals surface area contributed by atoms with Crippen LogP contribution in [-0.4, -0.2) is 22.1 Å². The van der Waals surface area contributed by atoms with Gasteiger partial charge in [-0.25, -0.2) is 4.79 Å². The second-order valence-corrected chi connectivity index (χ2v) is 3.86. The molecule has 0 saturated heterocycles. The first-order chi connectivity index (χ1) is 9.08. The molecule has 0 aromatic heterocycles. The third-order valence-corrected chi connectivity index (χ3v) is 2.52. The monoisotopic (exact) mass is 321 g/mol. The number of hydrogen-bond acceptors (Lipinski definition) is 3. The van der Waals surface area contributed by atoms with Gasteiger partial charge in [-0.05, 0) is 24.3 Å². The first-order valence-electron chi connectivity index (χ1n) is 5.50. The summed E-state index contributed by atoms with van der Waals surface area (Å²) in [6.07, 6.45) is 0. The van der Waals surface area contributed by atoms with Crippen LogP contribution in [0, 0.1) is 0 Å². The van der Waals surface area contributed by atoms with Crippen molar-refractivity contribution in [2.24, 2.45) is 0 Å². The van der Waals surface area contributed by atoms with Gasteiger partial charge in [0.05, 0.1) is 0 Å². The van der Waals surface area contributed by atoms with Crippen LogP contribution in [-0.2, 0) is 19.5 Å². The molecule has 0 aliphatic rings. The maximum absolute atomic E-state index is 11.8. The van der Waals surface area contributed by atoms with E-state index >= 15 is 0 Å². The van der Waals surface area contributed by atoms with Crippen LogP contribution in [0.3, 0.4) is 0 Å².